The summed E-state index contributed by atoms with van der Waals surface area (Å²) < 4.78 is 1.08. The zero-order valence-corrected chi connectivity index (χ0v) is 12.5. The van der Waals surface area contributed by atoms with Gasteiger partial charge in [0, 0.05) is 20.8 Å². The minimum Gasteiger partial charge on any atom is -0.298 e. The summed E-state index contributed by atoms with van der Waals surface area (Å²) in [6.07, 6.45) is 4.33. The van der Waals surface area contributed by atoms with Gasteiger partial charge in [0.1, 0.15) is 6.29 Å². The topological polar surface area (TPSA) is 74.4 Å². The molecule has 2 heterocycles. The number of carbonyl (C=O) groups excluding carboxylic acids is 1. The van der Waals surface area contributed by atoms with Gasteiger partial charge in [-0.3, -0.25) is 15.0 Å². The van der Waals surface area contributed by atoms with Gasteiger partial charge in [0.15, 0.2) is 0 Å². The predicted molar refractivity (Wildman–Crippen MR) is 85.3 cm³/mol. The van der Waals surface area contributed by atoms with Crippen molar-refractivity contribution >= 4 is 44.0 Å². The minimum absolute atomic E-state index is 0.680. The maximum atomic E-state index is 10.3. The van der Waals surface area contributed by atoms with Crippen molar-refractivity contribution in [2.24, 2.45) is 0 Å². The summed E-state index contributed by atoms with van der Waals surface area (Å²) >= 11 is 3.38. The van der Waals surface area contributed by atoms with Crippen molar-refractivity contribution in [3.8, 4) is 0 Å². The molecular formula is C15H11BrN4O. The fraction of sp³-hybridized carbons (Fsp3) is 0. The molecule has 5 nitrogen and oxygen atoms in total. The molecule has 2 N–H and O–H groups in total. The summed E-state index contributed by atoms with van der Waals surface area (Å²) in [6.45, 7) is 0. The third-order valence-electron chi connectivity index (χ3n) is 3.00. The average molecular weight is 343 g/mol. The third-order valence-corrected chi connectivity index (χ3v) is 3.50. The van der Waals surface area contributed by atoms with Crippen LogP contribution in [0.25, 0.3) is 21.8 Å². The number of fused-ring (bicyclic) bond motifs is 2. The van der Waals surface area contributed by atoms with Crippen LogP contribution in [-0.4, -0.2) is 26.7 Å². The van der Waals surface area contributed by atoms with Crippen LogP contribution in [-0.2, 0) is 0 Å². The molecule has 0 bridgehead atoms. The molecule has 0 saturated carbocycles. The lowest BCUT2D eigenvalue weighted by Crippen LogP contribution is -1.76. The van der Waals surface area contributed by atoms with Gasteiger partial charge in [0.05, 0.1) is 23.4 Å². The summed E-state index contributed by atoms with van der Waals surface area (Å²) in [5.74, 6) is 0. The van der Waals surface area contributed by atoms with Gasteiger partial charge in [0.25, 0.3) is 0 Å². The maximum absolute atomic E-state index is 10.3. The number of halogens is 1. The number of nitrogens with zero attached hydrogens (tertiary/aromatic N) is 2. The van der Waals surface area contributed by atoms with Gasteiger partial charge in [0.2, 0.25) is 0 Å². The molecular weight excluding hydrogens is 332 g/mol. The Hall–Kier alpha value is -2.47. The van der Waals surface area contributed by atoms with Gasteiger partial charge in [-0.15, -0.1) is 0 Å². The van der Waals surface area contributed by atoms with Crippen molar-refractivity contribution in [2.45, 2.75) is 0 Å². The van der Waals surface area contributed by atoms with Crippen LogP contribution in [0.1, 0.15) is 10.4 Å². The number of hydrogen-bond donors (Lipinski definition) is 2. The van der Waals surface area contributed by atoms with E-state index in [-0.39, 0.29) is 0 Å². The molecule has 0 atom stereocenters. The zero-order chi connectivity index (χ0) is 14.7. The van der Waals surface area contributed by atoms with Crippen LogP contribution in [0.15, 0.2) is 53.3 Å². The Kier molecular flexibility index (Phi) is 3.79. The Morgan fingerprint density at radius 1 is 0.905 bits per heavy atom. The van der Waals surface area contributed by atoms with Crippen molar-refractivity contribution in [2.75, 3.05) is 0 Å². The molecule has 2 aromatic carbocycles. The van der Waals surface area contributed by atoms with Crippen molar-refractivity contribution < 1.29 is 4.79 Å². The van der Waals surface area contributed by atoms with E-state index in [0.29, 0.717) is 5.56 Å². The van der Waals surface area contributed by atoms with Crippen LogP contribution >= 0.6 is 15.9 Å². The second-order valence-corrected chi connectivity index (χ2v) is 5.35. The Balaban J connectivity index is 0.000000126. The van der Waals surface area contributed by atoms with E-state index >= 15 is 0 Å². The number of benzene rings is 2. The summed E-state index contributed by atoms with van der Waals surface area (Å²) in [7, 11) is 0. The fourth-order valence-electron chi connectivity index (χ4n) is 1.95. The number of H-pyrrole nitrogens is 2. The van der Waals surface area contributed by atoms with Crippen LogP contribution in [0.2, 0.25) is 0 Å². The zero-order valence-electron chi connectivity index (χ0n) is 10.9. The van der Waals surface area contributed by atoms with Gasteiger partial charge in [-0.1, -0.05) is 15.9 Å². The predicted octanol–water partition coefficient (Wildman–Crippen LogP) is 3.70. The Morgan fingerprint density at radius 3 is 2.19 bits per heavy atom. The summed E-state index contributed by atoms with van der Waals surface area (Å²) in [5, 5.41) is 15.5. The lowest BCUT2D eigenvalue weighted by Gasteiger charge is -1.88. The van der Waals surface area contributed by atoms with E-state index in [0.717, 1.165) is 32.6 Å². The van der Waals surface area contributed by atoms with Crippen LogP contribution in [0.4, 0.5) is 0 Å². The van der Waals surface area contributed by atoms with Crippen LogP contribution in [0.5, 0.6) is 0 Å². The third kappa shape index (κ3) is 3.00. The normalized spacial score (nSPS) is 10.3. The fourth-order valence-corrected chi connectivity index (χ4v) is 2.33. The molecule has 0 amide bonds. The highest BCUT2D eigenvalue weighted by Crippen LogP contribution is 2.16. The first-order valence-corrected chi connectivity index (χ1v) is 7.02. The highest BCUT2D eigenvalue weighted by Gasteiger charge is 1.95. The second kappa shape index (κ2) is 5.88. The molecule has 0 aliphatic rings. The van der Waals surface area contributed by atoms with E-state index in [4.69, 9.17) is 0 Å². The highest BCUT2D eigenvalue weighted by atomic mass is 79.9. The number of aldehydes is 1. The largest absolute Gasteiger partial charge is 0.298 e. The van der Waals surface area contributed by atoms with Gasteiger partial charge < -0.3 is 0 Å². The lowest BCUT2D eigenvalue weighted by atomic mass is 10.2. The van der Waals surface area contributed by atoms with Crippen LogP contribution in [0, 0.1) is 0 Å². The molecule has 0 saturated heterocycles. The Bertz CT molecular complexity index is 897. The van der Waals surface area contributed by atoms with Gasteiger partial charge in [-0.25, -0.2) is 0 Å². The van der Waals surface area contributed by atoms with Crippen molar-refractivity contribution in [1.82, 2.24) is 20.4 Å². The SMILES string of the molecule is Brc1ccc2[nH]ncc2c1.O=Cc1ccc2[nH]ncc2c1. The number of aromatic nitrogens is 4. The quantitative estimate of drug-likeness (QED) is 0.518. The molecule has 0 fully saturated rings. The highest BCUT2D eigenvalue weighted by molar-refractivity contribution is 9.10. The van der Waals surface area contributed by atoms with E-state index in [1.54, 1.807) is 24.5 Å². The Morgan fingerprint density at radius 2 is 1.52 bits per heavy atom. The van der Waals surface area contributed by atoms with Crippen LogP contribution < -0.4 is 0 Å². The molecule has 0 radical (unpaired) electrons. The lowest BCUT2D eigenvalue weighted by molar-refractivity contribution is 0.112. The molecule has 4 rings (SSSR count). The summed E-state index contributed by atoms with van der Waals surface area (Å²) in [5.41, 5.74) is 2.71. The molecule has 4 aromatic rings. The second-order valence-electron chi connectivity index (χ2n) is 4.44. The first-order chi connectivity index (χ1) is 10.3. The molecule has 6 heteroatoms. The number of hydrogen-bond acceptors (Lipinski definition) is 3. The monoisotopic (exact) mass is 342 g/mol. The number of nitrogens with one attached hydrogen (secondary N) is 2. The van der Waals surface area contributed by atoms with E-state index in [9.17, 15) is 4.79 Å². The van der Waals surface area contributed by atoms with E-state index in [1.165, 1.54) is 0 Å². The summed E-state index contributed by atoms with van der Waals surface area (Å²) in [4.78, 5) is 10.3. The van der Waals surface area contributed by atoms with Gasteiger partial charge >= 0.3 is 0 Å². The van der Waals surface area contributed by atoms with E-state index in [2.05, 4.69) is 36.3 Å². The van der Waals surface area contributed by atoms with E-state index < -0.39 is 0 Å². The molecule has 0 aliphatic heterocycles. The van der Waals surface area contributed by atoms with Crippen LogP contribution in [0.3, 0.4) is 0 Å². The van der Waals surface area contributed by atoms with Crippen molar-refractivity contribution in [3.63, 3.8) is 0 Å². The molecule has 0 spiro atoms. The molecule has 0 aliphatic carbocycles. The molecule has 0 unspecified atom stereocenters. The molecule has 2 aromatic heterocycles. The Labute approximate surface area is 128 Å². The minimum atomic E-state index is 0.680. The molecule has 21 heavy (non-hydrogen) atoms. The smallest absolute Gasteiger partial charge is 0.150 e. The maximum Gasteiger partial charge on any atom is 0.150 e. The van der Waals surface area contributed by atoms with Gasteiger partial charge in [-0.2, -0.15) is 10.2 Å². The van der Waals surface area contributed by atoms with E-state index in [1.807, 2.05) is 24.3 Å². The van der Waals surface area contributed by atoms with Crippen molar-refractivity contribution in [1.29, 1.82) is 0 Å². The number of carbonyl (C=O) groups is 1. The first kappa shape index (κ1) is 13.5. The van der Waals surface area contributed by atoms with Gasteiger partial charge in [-0.05, 0) is 36.4 Å². The standard InChI is InChI=1S/C8H6N2O.C7H5BrN2/c11-5-6-1-2-8-7(3-6)4-9-10-8;8-6-1-2-7-5(3-6)4-9-10-7/h1-5H,(H,9,10);1-4H,(H,9,10). The number of rotatable bonds is 1. The summed E-state index contributed by atoms with van der Waals surface area (Å²) in [6, 6.07) is 11.4. The molecule has 104 valence electrons. The number of aromatic amines is 2. The first-order valence-electron chi connectivity index (χ1n) is 6.23. The van der Waals surface area contributed by atoms with Crippen molar-refractivity contribution in [3.05, 3.63) is 58.8 Å². The average Bonchev–Trinajstić information content (AvgIpc) is 3.15.